The minimum absolute atomic E-state index is 0.661. The summed E-state index contributed by atoms with van der Waals surface area (Å²) in [6, 6.07) is 2.05. The van der Waals surface area contributed by atoms with Crippen LogP contribution in [0.3, 0.4) is 0 Å². The first-order chi connectivity index (χ1) is 9.01. The lowest BCUT2D eigenvalue weighted by atomic mass is 9.75. The van der Waals surface area contributed by atoms with Crippen molar-refractivity contribution in [2.45, 2.75) is 84.8 Å². The van der Waals surface area contributed by atoms with Crippen LogP contribution < -0.4 is 5.32 Å². The Balaban J connectivity index is 2.73. The first kappa shape index (κ1) is 17.0. The van der Waals surface area contributed by atoms with Crippen LogP contribution in [0, 0.1) is 11.8 Å². The molecule has 1 saturated carbocycles. The van der Waals surface area contributed by atoms with Gasteiger partial charge in [0.25, 0.3) is 0 Å². The van der Waals surface area contributed by atoms with Crippen LogP contribution in [0.2, 0.25) is 0 Å². The summed E-state index contributed by atoms with van der Waals surface area (Å²) in [6.45, 7) is 13.2. The predicted molar refractivity (Wildman–Crippen MR) is 85.6 cm³/mol. The van der Waals surface area contributed by atoms with E-state index in [1.54, 1.807) is 0 Å². The third-order valence-corrected chi connectivity index (χ3v) is 4.86. The van der Waals surface area contributed by atoms with Crippen molar-refractivity contribution in [2.24, 2.45) is 11.8 Å². The molecule has 0 amide bonds. The summed E-state index contributed by atoms with van der Waals surface area (Å²) >= 11 is 0. The van der Waals surface area contributed by atoms with Crippen molar-refractivity contribution >= 4 is 0 Å². The Bertz CT molecular complexity index is 239. The first-order valence-corrected chi connectivity index (χ1v) is 8.44. The summed E-state index contributed by atoms with van der Waals surface area (Å²) < 4.78 is 0. The van der Waals surface area contributed by atoms with Gasteiger partial charge in [-0.15, -0.1) is 0 Å². The van der Waals surface area contributed by atoms with Gasteiger partial charge in [-0.05, 0) is 58.5 Å². The zero-order valence-electron chi connectivity index (χ0n) is 14.1. The van der Waals surface area contributed by atoms with E-state index in [1.807, 2.05) is 0 Å². The van der Waals surface area contributed by atoms with Gasteiger partial charge in [-0.25, -0.2) is 0 Å². The molecule has 2 heteroatoms. The molecular formula is C17H36N2. The largest absolute Gasteiger partial charge is 0.315 e. The van der Waals surface area contributed by atoms with E-state index in [1.165, 1.54) is 38.6 Å². The highest BCUT2D eigenvalue weighted by Gasteiger charge is 2.37. The highest BCUT2D eigenvalue weighted by molar-refractivity contribution is 4.94. The van der Waals surface area contributed by atoms with Crippen molar-refractivity contribution in [1.82, 2.24) is 10.2 Å². The Morgan fingerprint density at radius 3 is 2.37 bits per heavy atom. The SMILES string of the molecule is CCCCCN(C(C)C)C1C(C)CC(C)CC1NC. The molecule has 1 rings (SSSR count). The molecule has 1 aliphatic rings. The van der Waals surface area contributed by atoms with Crippen LogP contribution in [0.4, 0.5) is 0 Å². The summed E-state index contributed by atoms with van der Waals surface area (Å²) in [7, 11) is 2.15. The van der Waals surface area contributed by atoms with Crippen LogP contribution in [0.1, 0.15) is 66.7 Å². The summed E-state index contributed by atoms with van der Waals surface area (Å²) in [5.74, 6) is 1.68. The van der Waals surface area contributed by atoms with Crippen LogP contribution in [0.15, 0.2) is 0 Å². The normalized spacial score (nSPS) is 32.2. The number of unbranched alkanes of at least 4 members (excludes halogenated alkanes) is 2. The monoisotopic (exact) mass is 268 g/mol. The Labute approximate surface area is 121 Å². The lowest BCUT2D eigenvalue weighted by Crippen LogP contribution is -2.57. The molecule has 0 spiro atoms. The molecule has 0 bridgehead atoms. The third kappa shape index (κ3) is 4.75. The van der Waals surface area contributed by atoms with Crippen molar-refractivity contribution in [2.75, 3.05) is 13.6 Å². The zero-order chi connectivity index (χ0) is 14.4. The van der Waals surface area contributed by atoms with E-state index in [9.17, 15) is 0 Å². The summed E-state index contributed by atoms with van der Waals surface area (Å²) in [5.41, 5.74) is 0. The fourth-order valence-corrected chi connectivity index (χ4v) is 3.98. The van der Waals surface area contributed by atoms with E-state index in [0.29, 0.717) is 12.1 Å². The molecule has 0 heterocycles. The Kier molecular flexibility index (Phi) is 7.38. The van der Waals surface area contributed by atoms with E-state index in [-0.39, 0.29) is 0 Å². The fraction of sp³-hybridized carbons (Fsp3) is 1.00. The van der Waals surface area contributed by atoms with Gasteiger partial charge in [-0.1, -0.05) is 33.6 Å². The average Bonchev–Trinajstić information content (AvgIpc) is 2.34. The van der Waals surface area contributed by atoms with E-state index >= 15 is 0 Å². The lowest BCUT2D eigenvalue weighted by molar-refractivity contribution is 0.0407. The molecule has 1 fully saturated rings. The molecule has 0 radical (unpaired) electrons. The Morgan fingerprint density at radius 2 is 1.84 bits per heavy atom. The van der Waals surface area contributed by atoms with Crippen molar-refractivity contribution < 1.29 is 0 Å². The van der Waals surface area contributed by atoms with Gasteiger partial charge in [-0.2, -0.15) is 0 Å². The summed E-state index contributed by atoms with van der Waals surface area (Å²) in [6.07, 6.45) is 6.76. The molecule has 0 saturated heterocycles. The fourth-order valence-electron chi connectivity index (χ4n) is 3.98. The number of hydrogen-bond acceptors (Lipinski definition) is 2. The number of nitrogens with one attached hydrogen (secondary N) is 1. The third-order valence-electron chi connectivity index (χ3n) is 4.86. The molecule has 0 aromatic heterocycles. The van der Waals surface area contributed by atoms with Gasteiger partial charge in [0.1, 0.15) is 0 Å². The molecule has 114 valence electrons. The molecule has 2 nitrogen and oxygen atoms in total. The van der Waals surface area contributed by atoms with E-state index < -0.39 is 0 Å². The molecule has 19 heavy (non-hydrogen) atoms. The van der Waals surface area contributed by atoms with Gasteiger partial charge >= 0.3 is 0 Å². The second kappa shape index (κ2) is 8.26. The molecule has 0 aromatic carbocycles. The van der Waals surface area contributed by atoms with Crippen LogP contribution in [-0.2, 0) is 0 Å². The van der Waals surface area contributed by atoms with Crippen LogP contribution in [0.5, 0.6) is 0 Å². The number of hydrogen-bond donors (Lipinski definition) is 1. The van der Waals surface area contributed by atoms with E-state index in [0.717, 1.165) is 17.9 Å². The minimum atomic E-state index is 0.661. The quantitative estimate of drug-likeness (QED) is 0.704. The van der Waals surface area contributed by atoms with Gasteiger partial charge in [0.15, 0.2) is 0 Å². The topological polar surface area (TPSA) is 15.3 Å². The summed E-state index contributed by atoms with van der Waals surface area (Å²) in [5, 5.41) is 3.60. The van der Waals surface area contributed by atoms with Gasteiger partial charge in [0, 0.05) is 18.1 Å². The highest BCUT2D eigenvalue weighted by atomic mass is 15.2. The molecule has 0 aromatic rings. The van der Waals surface area contributed by atoms with Crippen LogP contribution in [0.25, 0.3) is 0 Å². The minimum Gasteiger partial charge on any atom is -0.315 e. The van der Waals surface area contributed by atoms with E-state index in [2.05, 4.69) is 51.9 Å². The zero-order valence-corrected chi connectivity index (χ0v) is 14.1. The lowest BCUT2D eigenvalue weighted by Gasteiger charge is -2.47. The van der Waals surface area contributed by atoms with Crippen molar-refractivity contribution in [1.29, 1.82) is 0 Å². The number of nitrogens with zero attached hydrogens (tertiary/aromatic N) is 1. The molecule has 1 N–H and O–H groups in total. The number of rotatable bonds is 7. The molecule has 0 aliphatic heterocycles. The van der Waals surface area contributed by atoms with Crippen molar-refractivity contribution in [3.63, 3.8) is 0 Å². The van der Waals surface area contributed by atoms with Gasteiger partial charge < -0.3 is 5.32 Å². The highest BCUT2D eigenvalue weighted by Crippen LogP contribution is 2.33. The molecule has 4 atom stereocenters. The van der Waals surface area contributed by atoms with Gasteiger partial charge in [-0.3, -0.25) is 4.90 Å². The maximum Gasteiger partial charge on any atom is 0.0277 e. The van der Waals surface area contributed by atoms with Crippen molar-refractivity contribution in [3.05, 3.63) is 0 Å². The maximum absolute atomic E-state index is 3.60. The number of likely N-dealkylation sites (N-methyl/N-ethyl adjacent to an activating group) is 1. The molecular weight excluding hydrogens is 232 g/mol. The van der Waals surface area contributed by atoms with Crippen LogP contribution in [-0.4, -0.2) is 36.6 Å². The second-order valence-electron chi connectivity index (χ2n) is 6.98. The van der Waals surface area contributed by atoms with Crippen molar-refractivity contribution in [3.8, 4) is 0 Å². The van der Waals surface area contributed by atoms with Crippen LogP contribution >= 0.6 is 0 Å². The van der Waals surface area contributed by atoms with Gasteiger partial charge in [0.2, 0.25) is 0 Å². The standard InChI is InChI=1S/C17H36N2/c1-7-8-9-10-19(13(2)3)17-15(5)11-14(4)12-16(17)18-6/h13-18H,7-12H2,1-6H3. The Morgan fingerprint density at radius 1 is 1.16 bits per heavy atom. The smallest absolute Gasteiger partial charge is 0.0277 e. The molecule has 4 unspecified atom stereocenters. The summed E-state index contributed by atoms with van der Waals surface area (Å²) in [4.78, 5) is 2.77. The first-order valence-electron chi connectivity index (χ1n) is 8.44. The average molecular weight is 268 g/mol. The predicted octanol–water partition coefficient (Wildman–Crippen LogP) is 3.91. The van der Waals surface area contributed by atoms with Gasteiger partial charge in [0.05, 0.1) is 0 Å². The maximum atomic E-state index is 3.60. The molecule has 1 aliphatic carbocycles. The Hall–Kier alpha value is -0.0800. The second-order valence-corrected chi connectivity index (χ2v) is 6.98. The van der Waals surface area contributed by atoms with E-state index in [4.69, 9.17) is 0 Å².